The van der Waals surface area contributed by atoms with E-state index in [1.54, 1.807) is 36.4 Å². The van der Waals surface area contributed by atoms with Gasteiger partial charge >= 0.3 is 0 Å². The zero-order valence-corrected chi connectivity index (χ0v) is 15.5. The van der Waals surface area contributed by atoms with Crippen molar-refractivity contribution in [3.8, 4) is 0 Å². The molecule has 26 heavy (non-hydrogen) atoms. The van der Waals surface area contributed by atoms with E-state index in [9.17, 15) is 8.42 Å². The van der Waals surface area contributed by atoms with Gasteiger partial charge < -0.3 is 10.6 Å². The third kappa shape index (κ3) is 3.37. The highest BCUT2D eigenvalue weighted by atomic mass is 32.2. The van der Waals surface area contributed by atoms with Gasteiger partial charge in [-0.05, 0) is 49.7 Å². The summed E-state index contributed by atoms with van der Waals surface area (Å²) >= 11 is 0. The van der Waals surface area contributed by atoms with Crippen LogP contribution in [0.2, 0.25) is 0 Å². The molecule has 138 valence electrons. The van der Waals surface area contributed by atoms with Crippen molar-refractivity contribution in [3.05, 3.63) is 48.5 Å². The molecule has 2 aliphatic rings. The summed E-state index contributed by atoms with van der Waals surface area (Å²) in [5.74, 6) is 0. The van der Waals surface area contributed by atoms with Crippen molar-refractivity contribution in [3.63, 3.8) is 0 Å². The lowest BCUT2D eigenvalue weighted by molar-refractivity contribution is 0.231. The van der Waals surface area contributed by atoms with Gasteiger partial charge in [-0.2, -0.15) is 0 Å². The second-order valence-corrected chi connectivity index (χ2v) is 8.65. The molecule has 0 saturated carbocycles. The minimum atomic E-state index is -3.65. The Morgan fingerprint density at radius 2 is 1.85 bits per heavy atom. The zero-order valence-electron chi connectivity index (χ0n) is 14.6. The van der Waals surface area contributed by atoms with E-state index in [0.717, 1.165) is 25.3 Å². The van der Waals surface area contributed by atoms with Gasteiger partial charge in [-0.1, -0.05) is 18.2 Å². The predicted molar refractivity (Wildman–Crippen MR) is 105 cm³/mol. The van der Waals surface area contributed by atoms with E-state index in [4.69, 9.17) is 5.73 Å². The lowest BCUT2D eigenvalue weighted by Gasteiger charge is -2.39. The predicted octanol–water partition coefficient (Wildman–Crippen LogP) is 2.35. The third-order valence-corrected chi connectivity index (χ3v) is 6.64. The molecule has 0 amide bonds. The van der Waals surface area contributed by atoms with Crippen LogP contribution in [0.5, 0.6) is 0 Å². The topological polar surface area (TPSA) is 78.7 Å². The van der Waals surface area contributed by atoms with Crippen LogP contribution in [0.25, 0.3) is 0 Å². The van der Waals surface area contributed by atoms with Gasteiger partial charge in [0.15, 0.2) is 0 Å². The Kier molecular flexibility index (Phi) is 4.50. The first-order chi connectivity index (χ1) is 12.5. The van der Waals surface area contributed by atoms with Gasteiger partial charge in [-0.15, -0.1) is 0 Å². The lowest BCUT2D eigenvalue weighted by Crippen LogP contribution is -2.50. The average molecular weight is 372 g/mol. The molecule has 0 aromatic heterocycles. The summed E-state index contributed by atoms with van der Waals surface area (Å²) in [5, 5.41) is 0. The van der Waals surface area contributed by atoms with E-state index < -0.39 is 10.0 Å². The second kappa shape index (κ2) is 6.81. The molecule has 2 aromatic carbocycles. The fourth-order valence-electron chi connectivity index (χ4n) is 3.92. The van der Waals surface area contributed by atoms with Gasteiger partial charge in [-0.3, -0.25) is 9.62 Å². The van der Waals surface area contributed by atoms with Crippen molar-refractivity contribution >= 4 is 27.1 Å². The molecule has 1 unspecified atom stereocenters. The lowest BCUT2D eigenvalue weighted by atomic mass is 10.1. The van der Waals surface area contributed by atoms with Crippen molar-refractivity contribution in [2.75, 3.05) is 41.5 Å². The maximum absolute atomic E-state index is 12.6. The Bertz CT molecular complexity index is 886. The Labute approximate surface area is 154 Å². The number of nitrogens with one attached hydrogen (secondary N) is 1. The highest BCUT2D eigenvalue weighted by Crippen LogP contribution is 2.31. The average Bonchev–Trinajstić information content (AvgIpc) is 3.10. The minimum Gasteiger partial charge on any atom is -0.397 e. The molecule has 2 aromatic rings. The summed E-state index contributed by atoms with van der Waals surface area (Å²) in [6.07, 6.45) is 2.49. The summed E-state index contributed by atoms with van der Waals surface area (Å²) in [7, 11) is -3.65. The first-order valence-corrected chi connectivity index (χ1v) is 10.5. The first kappa shape index (κ1) is 17.2. The van der Waals surface area contributed by atoms with Crippen LogP contribution in [0.15, 0.2) is 53.4 Å². The number of piperazine rings is 1. The molecule has 0 radical (unpaired) electrons. The smallest absolute Gasteiger partial charge is 0.261 e. The number of fused-ring (bicyclic) bond motifs is 1. The summed E-state index contributed by atoms with van der Waals surface area (Å²) in [6.45, 7) is 4.11. The standard InChI is InChI=1S/C19H24N4O2S/c20-18-13-17(26(24,25)21-15-5-2-1-3-6-15)8-9-19(18)23-12-11-22-10-4-7-16(22)14-23/h1-3,5-6,8-9,13,16,21H,4,7,10-12,14,20H2. The zero-order chi connectivity index (χ0) is 18.1. The Morgan fingerprint density at radius 3 is 2.62 bits per heavy atom. The number of para-hydroxylation sites is 1. The van der Waals surface area contributed by atoms with Crippen LogP contribution in [0, 0.1) is 0 Å². The molecule has 0 spiro atoms. The number of rotatable bonds is 4. The van der Waals surface area contributed by atoms with Crippen LogP contribution < -0.4 is 15.4 Å². The van der Waals surface area contributed by atoms with Crippen molar-refractivity contribution in [1.29, 1.82) is 0 Å². The molecular formula is C19H24N4O2S. The monoisotopic (exact) mass is 372 g/mol. The van der Waals surface area contributed by atoms with Crippen LogP contribution in [-0.4, -0.2) is 45.5 Å². The Balaban J connectivity index is 1.54. The molecule has 7 heteroatoms. The van der Waals surface area contributed by atoms with Crippen LogP contribution in [-0.2, 0) is 10.0 Å². The van der Waals surface area contributed by atoms with Gasteiger partial charge in [0.2, 0.25) is 0 Å². The molecule has 2 saturated heterocycles. The van der Waals surface area contributed by atoms with Gasteiger partial charge in [0.1, 0.15) is 0 Å². The maximum Gasteiger partial charge on any atom is 0.261 e. The SMILES string of the molecule is Nc1cc(S(=O)(=O)Nc2ccccc2)ccc1N1CCN2CCCC2C1. The normalized spacial score (nSPS) is 20.8. The van der Waals surface area contributed by atoms with Crippen molar-refractivity contribution < 1.29 is 8.42 Å². The minimum absolute atomic E-state index is 0.183. The van der Waals surface area contributed by atoms with Crippen molar-refractivity contribution in [2.24, 2.45) is 0 Å². The largest absolute Gasteiger partial charge is 0.397 e. The molecule has 2 fully saturated rings. The summed E-state index contributed by atoms with van der Waals surface area (Å²) in [4.78, 5) is 5.00. The van der Waals surface area contributed by atoms with Gasteiger partial charge in [-0.25, -0.2) is 8.42 Å². The van der Waals surface area contributed by atoms with Crippen LogP contribution >= 0.6 is 0 Å². The molecule has 1 atom stereocenters. The summed E-state index contributed by atoms with van der Waals surface area (Å²) in [6, 6.07) is 14.5. The molecule has 2 aliphatic heterocycles. The highest BCUT2D eigenvalue weighted by Gasteiger charge is 2.31. The number of hydrogen-bond donors (Lipinski definition) is 2. The number of nitrogen functional groups attached to an aromatic ring is 1. The quantitative estimate of drug-likeness (QED) is 0.806. The number of sulfonamides is 1. The maximum atomic E-state index is 12.6. The van der Waals surface area contributed by atoms with Gasteiger partial charge in [0.05, 0.1) is 16.3 Å². The number of nitrogens with zero attached hydrogens (tertiary/aromatic N) is 2. The number of anilines is 3. The van der Waals surface area contributed by atoms with Gasteiger partial charge in [0.25, 0.3) is 10.0 Å². The summed E-state index contributed by atoms with van der Waals surface area (Å²) in [5.41, 5.74) is 8.20. The molecule has 3 N–H and O–H groups in total. The van der Waals surface area contributed by atoms with E-state index in [1.165, 1.54) is 19.4 Å². The number of nitrogens with two attached hydrogens (primary N) is 1. The molecule has 0 bridgehead atoms. The first-order valence-electron chi connectivity index (χ1n) is 8.99. The molecular weight excluding hydrogens is 348 g/mol. The van der Waals surface area contributed by atoms with E-state index in [1.807, 2.05) is 12.1 Å². The third-order valence-electron chi connectivity index (χ3n) is 5.26. The van der Waals surface area contributed by atoms with Crippen molar-refractivity contribution in [1.82, 2.24) is 4.90 Å². The van der Waals surface area contributed by atoms with Crippen LogP contribution in [0.1, 0.15) is 12.8 Å². The van der Waals surface area contributed by atoms with E-state index in [-0.39, 0.29) is 4.90 Å². The Morgan fingerprint density at radius 1 is 1.04 bits per heavy atom. The summed E-state index contributed by atoms with van der Waals surface area (Å²) < 4.78 is 27.8. The molecule has 0 aliphatic carbocycles. The highest BCUT2D eigenvalue weighted by molar-refractivity contribution is 7.92. The fraction of sp³-hybridized carbons (Fsp3) is 0.368. The molecule has 2 heterocycles. The van der Waals surface area contributed by atoms with Gasteiger partial charge in [0, 0.05) is 31.4 Å². The van der Waals surface area contributed by atoms with E-state index in [0.29, 0.717) is 17.4 Å². The second-order valence-electron chi connectivity index (χ2n) is 6.97. The van der Waals surface area contributed by atoms with Crippen LogP contribution in [0.3, 0.4) is 0 Å². The number of hydrogen-bond acceptors (Lipinski definition) is 5. The van der Waals surface area contributed by atoms with Crippen LogP contribution in [0.4, 0.5) is 17.1 Å². The molecule has 4 rings (SSSR count). The van der Waals surface area contributed by atoms with Crippen molar-refractivity contribution in [2.45, 2.75) is 23.8 Å². The molecule has 6 nitrogen and oxygen atoms in total. The van der Waals surface area contributed by atoms with E-state index >= 15 is 0 Å². The Hall–Kier alpha value is -2.25. The number of benzene rings is 2. The fourth-order valence-corrected chi connectivity index (χ4v) is 5.01. The van der Waals surface area contributed by atoms with E-state index in [2.05, 4.69) is 14.5 Å².